The van der Waals surface area contributed by atoms with Gasteiger partial charge in [0, 0.05) is 29.5 Å². The Labute approximate surface area is 132 Å². The van der Waals surface area contributed by atoms with Gasteiger partial charge >= 0.3 is 0 Å². The second kappa shape index (κ2) is 5.00. The third-order valence-electron chi connectivity index (χ3n) is 4.11. The van der Waals surface area contributed by atoms with Crippen molar-refractivity contribution in [3.05, 3.63) is 23.2 Å². The fraction of sp³-hybridized carbons (Fsp3) is 0.333. The van der Waals surface area contributed by atoms with Crippen molar-refractivity contribution in [2.75, 3.05) is 23.7 Å². The minimum atomic E-state index is 0.236. The average molecular weight is 318 g/mol. The van der Waals surface area contributed by atoms with Crippen LogP contribution < -0.4 is 16.4 Å². The Morgan fingerprint density at radius 1 is 1.23 bits per heavy atom. The minimum Gasteiger partial charge on any atom is -0.450 e. The fourth-order valence-corrected chi connectivity index (χ4v) is 3.12. The van der Waals surface area contributed by atoms with Crippen LogP contribution in [0.5, 0.6) is 0 Å². The number of anilines is 2. The zero-order valence-corrected chi connectivity index (χ0v) is 12.7. The Morgan fingerprint density at radius 2 is 2.00 bits per heavy atom. The summed E-state index contributed by atoms with van der Waals surface area (Å²) in [5, 5.41) is 1.49. The fourth-order valence-electron chi connectivity index (χ4n) is 2.94. The molecule has 7 heteroatoms. The van der Waals surface area contributed by atoms with Gasteiger partial charge in [0.05, 0.1) is 0 Å². The molecule has 0 radical (unpaired) electrons. The third-order valence-corrected chi connectivity index (χ3v) is 4.35. The highest BCUT2D eigenvalue weighted by atomic mass is 35.5. The van der Waals surface area contributed by atoms with Gasteiger partial charge in [-0.05, 0) is 31.0 Å². The van der Waals surface area contributed by atoms with E-state index in [1.807, 2.05) is 12.1 Å². The summed E-state index contributed by atoms with van der Waals surface area (Å²) in [5.41, 5.74) is 14.0. The van der Waals surface area contributed by atoms with Gasteiger partial charge in [-0.3, -0.25) is 0 Å². The van der Waals surface area contributed by atoms with E-state index >= 15 is 0 Å². The van der Waals surface area contributed by atoms with Crippen LogP contribution in [0.4, 0.5) is 11.8 Å². The number of hydrogen-bond donors (Lipinski definition) is 2. The van der Waals surface area contributed by atoms with Crippen LogP contribution in [0, 0.1) is 0 Å². The monoisotopic (exact) mass is 317 g/mol. The van der Waals surface area contributed by atoms with Crippen LogP contribution in [0.25, 0.3) is 22.1 Å². The molecule has 1 aromatic carbocycles. The second-order valence-corrected chi connectivity index (χ2v) is 6.09. The number of halogens is 1. The maximum absolute atomic E-state index is 6.08. The summed E-state index contributed by atoms with van der Waals surface area (Å²) in [5.74, 6) is 0.974. The number of benzene rings is 1. The Balaban J connectivity index is 1.92. The van der Waals surface area contributed by atoms with Crippen LogP contribution in [0.2, 0.25) is 5.02 Å². The Hall–Kier alpha value is -2.05. The Bertz CT molecular complexity index is 854. The van der Waals surface area contributed by atoms with E-state index in [1.165, 1.54) is 0 Å². The van der Waals surface area contributed by atoms with Crippen molar-refractivity contribution in [1.29, 1.82) is 0 Å². The van der Waals surface area contributed by atoms with Crippen molar-refractivity contribution < 1.29 is 4.42 Å². The summed E-state index contributed by atoms with van der Waals surface area (Å²) >= 11 is 6.08. The Kier molecular flexibility index (Phi) is 3.09. The molecule has 0 amide bonds. The van der Waals surface area contributed by atoms with Gasteiger partial charge < -0.3 is 20.8 Å². The lowest BCUT2D eigenvalue weighted by Gasteiger charge is -2.30. The summed E-state index contributed by atoms with van der Waals surface area (Å²) in [6.45, 7) is 1.68. The van der Waals surface area contributed by atoms with E-state index in [0.29, 0.717) is 16.1 Å². The molecule has 3 aromatic rings. The highest BCUT2D eigenvalue weighted by Crippen LogP contribution is 2.35. The lowest BCUT2D eigenvalue weighted by atomic mass is 10.1. The van der Waals surface area contributed by atoms with Crippen LogP contribution in [0.3, 0.4) is 0 Å². The highest BCUT2D eigenvalue weighted by molar-refractivity contribution is 6.31. The average Bonchev–Trinajstić information content (AvgIpc) is 2.85. The molecule has 0 aliphatic carbocycles. The van der Waals surface area contributed by atoms with Crippen molar-refractivity contribution in [2.24, 2.45) is 5.73 Å². The number of nitrogen functional groups attached to an aromatic ring is 1. The molecular formula is C15H16ClN5O. The third kappa shape index (κ3) is 2.15. The summed E-state index contributed by atoms with van der Waals surface area (Å²) in [6, 6.07) is 5.72. The molecule has 4 rings (SSSR count). The minimum absolute atomic E-state index is 0.236. The predicted octanol–water partition coefficient (Wildman–Crippen LogP) is 2.54. The van der Waals surface area contributed by atoms with Gasteiger partial charge in [-0.25, -0.2) is 4.98 Å². The van der Waals surface area contributed by atoms with Gasteiger partial charge in [0.15, 0.2) is 11.4 Å². The molecule has 2 aromatic heterocycles. The Morgan fingerprint density at radius 3 is 2.77 bits per heavy atom. The van der Waals surface area contributed by atoms with Crippen molar-refractivity contribution in [3.63, 3.8) is 0 Å². The molecule has 1 aliphatic heterocycles. The van der Waals surface area contributed by atoms with Gasteiger partial charge in [-0.15, -0.1) is 0 Å². The number of nitrogens with two attached hydrogens (primary N) is 2. The number of piperidine rings is 1. The first-order valence-corrected chi connectivity index (χ1v) is 7.65. The molecule has 22 heavy (non-hydrogen) atoms. The molecule has 0 spiro atoms. The van der Waals surface area contributed by atoms with Gasteiger partial charge in [-0.1, -0.05) is 11.6 Å². The quantitative estimate of drug-likeness (QED) is 0.716. The highest BCUT2D eigenvalue weighted by Gasteiger charge is 2.23. The number of furan rings is 1. The molecule has 0 unspecified atom stereocenters. The zero-order chi connectivity index (χ0) is 15.3. The number of rotatable bonds is 1. The molecule has 0 atom stereocenters. The van der Waals surface area contributed by atoms with E-state index < -0.39 is 0 Å². The van der Waals surface area contributed by atoms with Crippen LogP contribution in [0.15, 0.2) is 22.6 Å². The van der Waals surface area contributed by atoms with E-state index in [9.17, 15) is 0 Å². The number of fused-ring (bicyclic) bond motifs is 3. The zero-order valence-electron chi connectivity index (χ0n) is 11.9. The SMILES string of the molecule is Nc1nc(N2CCC(N)CC2)c2oc3ccc(Cl)cc3c2n1. The van der Waals surface area contributed by atoms with Crippen molar-refractivity contribution >= 4 is 45.4 Å². The summed E-state index contributed by atoms with van der Waals surface area (Å²) in [6.07, 6.45) is 1.86. The van der Waals surface area contributed by atoms with Gasteiger partial charge in [0.2, 0.25) is 5.95 Å². The lowest BCUT2D eigenvalue weighted by Crippen LogP contribution is -2.40. The number of nitrogens with zero attached hydrogens (tertiary/aromatic N) is 3. The molecule has 3 heterocycles. The van der Waals surface area contributed by atoms with Gasteiger partial charge in [0.1, 0.15) is 11.1 Å². The molecule has 1 fully saturated rings. The van der Waals surface area contributed by atoms with E-state index in [1.54, 1.807) is 6.07 Å². The smallest absolute Gasteiger partial charge is 0.222 e. The first-order chi connectivity index (χ1) is 10.6. The van der Waals surface area contributed by atoms with Crippen LogP contribution in [-0.2, 0) is 0 Å². The molecule has 1 saturated heterocycles. The molecular weight excluding hydrogens is 302 g/mol. The number of hydrogen-bond acceptors (Lipinski definition) is 6. The topological polar surface area (TPSA) is 94.2 Å². The first-order valence-electron chi connectivity index (χ1n) is 7.27. The van der Waals surface area contributed by atoms with Crippen molar-refractivity contribution in [3.8, 4) is 0 Å². The van der Waals surface area contributed by atoms with Crippen LogP contribution in [-0.4, -0.2) is 29.1 Å². The largest absolute Gasteiger partial charge is 0.450 e. The lowest BCUT2D eigenvalue weighted by molar-refractivity contribution is 0.497. The first kappa shape index (κ1) is 13.6. The molecule has 4 N–H and O–H groups in total. The summed E-state index contributed by atoms with van der Waals surface area (Å²) < 4.78 is 5.96. The summed E-state index contributed by atoms with van der Waals surface area (Å²) in [7, 11) is 0. The van der Waals surface area contributed by atoms with Crippen molar-refractivity contribution in [2.45, 2.75) is 18.9 Å². The standard InChI is InChI=1S/C15H16ClN5O/c16-8-1-2-11-10(7-8)12-13(22-11)14(20-15(18)19-12)21-5-3-9(17)4-6-21/h1-2,7,9H,3-6,17H2,(H2,18,19,20). The maximum Gasteiger partial charge on any atom is 0.222 e. The van der Waals surface area contributed by atoms with Crippen LogP contribution in [0.1, 0.15) is 12.8 Å². The van der Waals surface area contributed by atoms with E-state index in [4.69, 9.17) is 27.5 Å². The van der Waals surface area contributed by atoms with Gasteiger partial charge in [-0.2, -0.15) is 4.98 Å². The number of aromatic nitrogens is 2. The molecule has 0 saturated carbocycles. The summed E-state index contributed by atoms with van der Waals surface area (Å²) in [4.78, 5) is 10.9. The molecule has 114 valence electrons. The maximum atomic E-state index is 6.08. The van der Waals surface area contributed by atoms with Crippen molar-refractivity contribution in [1.82, 2.24) is 9.97 Å². The predicted molar refractivity (Wildman–Crippen MR) is 88.2 cm³/mol. The van der Waals surface area contributed by atoms with E-state index in [0.717, 1.165) is 42.7 Å². The second-order valence-electron chi connectivity index (χ2n) is 5.65. The van der Waals surface area contributed by atoms with E-state index in [2.05, 4.69) is 14.9 Å². The van der Waals surface area contributed by atoms with Crippen LogP contribution >= 0.6 is 11.6 Å². The van der Waals surface area contributed by atoms with Gasteiger partial charge in [0.25, 0.3) is 0 Å². The van der Waals surface area contributed by atoms with E-state index in [-0.39, 0.29) is 12.0 Å². The molecule has 6 nitrogen and oxygen atoms in total. The molecule has 0 bridgehead atoms. The normalized spacial score (nSPS) is 16.7. The molecule has 1 aliphatic rings.